The van der Waals surface area contributed by atoms with Gasteiger partial charge in [0.1, 0.15) is 0 Å². The van der Waals surface area contributed by atoms with Crippen molar-refractivity contribution in [1.29, 1.82) is 0 Å². The van der Waals surface area contributed by atoms with Gasteiger partial charge in [-0.2, -0.15) is 4.31 Å². The number of aryl methyl sites for hydroxylation is 1. The zero-order valence-electron chi connectivity index (χ0n) is 12.2. The lowest BCUT2D eigenvalue weighted by molar-refractivity contribution is 0.0392. The minimum atomic E-state index is -3.41. The lowest BCUT2D eigenvalue weighted by atomic mass is 10.3. The Morgan fingerprint density at radius 2 is 2.30 bits per heavy atom. The molecule has 0 spiro atoms. The lowest BCUT2D eigenvalue weighted by Gasteiger charge is -2.32. The van der Waals surface area contributed by atoms with Crippen molar-refractivity contribution in [3.8, 4) is 0 Å². The topological polar surface area (TPSA) is 58.6 Å². The van der Waals surface area contributed by atoms with Crippen LogP contribution < -0.4 is 5.32 Å². The molecular weight excluding hydrogens is 296 g/mol. The van der Waals surface area contributed by atoms with Gasteiger partial charge in [-0.15, -0.1) is 11.3 Å². The minimum absolute atomic E-state index is 0.106. The number of thiophene rings is 1. The highest BCUT2D eigenvalue weighted by Crippen LogP contribution is 2.29. The van der Waals surface area contributed by atoms with E-state index < -0.39 is 10.0 Å². The van der Waals surface area contributed by atoms with Crippen LogP contribution >= 0.6 is 11.3 Å². The van der Waals surface area contributed by atoms with Crippen LogP contribution in [-0.4, -0.2) is 45.1 Å². The molecule has 1 N–H and O–H groups in total. The zero-order chi connectivity index (χ0) is 14.8. The number of nitrogens with one attached hydrogen (secondary N) is 1. The molecule has 1 unspecified atom stereocenters. The van der Waals surface area contributed by atoms with Gasteiger partial charge in [0, 0.05) is 28.9 Å². The Balaban J connectivity index is 2.26. The summed E-state index contributed by atoms with van der Waals surface area (Å²) < 4.78 is 32.4. The summed E-state index contributed by atoms with van der Waals surface area (Å²) in [6, 6.07) is 1.70. The first kappa shape index (κ1) is 15.9. The Labute approximate surface area is 125 Å². The van der Waals surface area contributed by atoms with E-state index in [-0.39, 0.29) is 6.04 Å². The molecule has 1 aliphatic rings. The molecule has 0 saturated carbocycles. The number of ether oxygens (including phenoxy) is 1. The molecule has 1 aromatic rings. The summed E-state index contributed by atoms with van der Waals surface area (Å²) in [5, 5.41) is 3.23. The molecule has 1 atom stereocenters. The molecule has 0 aliphatic carbocycles. The van der Waals surface area contributed by atoms with E-state index in [2.05, 4.69) is 5.32 Å². The van der Waals surface area contributed by atoms with Crippen molar-refractivity contribution in [3.05, 3.63) is 15.8 Å². The van der Waals surface area contributed by atoms with Crippen molar-refractivity contribution in [2.24, 2.45) is 0 Å². The van der Waals surface area contributed by atoms with Crippen molar-refractivity contribution < 1.29 is 13.2 Å². The van der Waals surface area contributed by atoms with Gasteiger partial charge in [0.05, 0.1) is 18.1 Å². The summed E-state index contributed by atoms with van der Waals surface area (Å²) in [7, 11) is -3.41. The molecule has 5 nitrogen and oxygen atoms in total. The highest BCUT2D eigenvalue weighted by atomic mass is 32.2. The highest BCUT2D eigenvalue weighted by Gasteiger charge is 2.33. The molecule has 0 aromatic carbocycles. The van der Waals surface area contributed by atoms with Crippen LogP contribution in [0.15, 0.2) is 11.0 Å². The highest BCUT2D eigenvalue weighted by molar-refractivity contribution is 7.89. The van der Waals surface area contributed by atoms with Gasteiger partial charge in [0.25, 0.3) is 0 Å². The number of hydrogen-bond acceptors (Lipinski definition) is 5. The number of rotatable bonds is 5. The molecule has 0 radical (unpaired) electrons. The van der Waals surface area contributed by atoms with Crippen molar-refractivity contribution in [1.82, 2.24) is 9.62 Å². The van der Waals surface area contributed by atoms with Crippen LogP contribution in [0.3, 0.4) is 0 Å². The van der Waals surface area contributed by atoms with Crippen molar-refractivity contribution in [2.75, 3.05) is 26.3 Å². The summed E-state index contributed by atoms with van der Waals surface area (Å²) in [6.07, 6.45) is 0. The van der Waals surface area contributed by atoms with Gasteiger partial charge in [-0.05, 0) is 26.5 Å². The molecule has 2 rings (SSSR count). The van der Waals surface area contributed by atoms with Crippen LogP contribution in [0, 0.1) is 6.92 Å². The van der Waals surface area contributed by atoms with Crippen molar-refractivity contribution >= 4 is 21.4 Å². The van der Waals surface area contributed by atoms with Gasteiger partial charge in [0.2, 0.25) is 10.0 Å². The average molecular weight is 318 g/mol. The van der Waals surface area contributed by atoms with Gasteiger partial charge in [0.15, 0.2) is 0 Å². The first-order chi connectivity index (χ1) is 9.46. The van der Waals surface area contributed by atoms with E-state index in [4.69, 9.17) is 4.74 Å². The standard InChI is InChI=1S/C13H22N2O3S2/c1-4-14-8-12-7-13(11(3)19-12)20(16,17)15-5-6-18-9-10(15)2/h7,10,14H,4-6,8-9H2,1-3H3. The quantitative estimate of drug-likeness (QED) is 0.895. The van der Waals surface area contributed by atoms with E-state index in [1.807, 2.05) is 20.8 Å². The third kappa shape index (κ3) is 3.23. The fourth-order valence-electron chi connectivity index (χ4n) is 2.31. The molecule has 7 heteroatoms. The summed E-state index contributed by atoms with van der Waals surface area (Å²) in [4.78, 5) is 2.37. The first-order valence-corrected chi connectivity index (χ1v) is 9.12. The summed E-state index contributed by atoms with van der Waals surface area (Å²) in [5.74, 6) is 0. The van der Waals surface area contributed by atoms with Gasteiger partial charge in [-0.25, -0.2) is 8.42 Å². The Kier molecular flexibility index (Phi) is 5.19. The van der Waals surface area contributed by atoms with Crippen LogP contribution in [-0.2, 0) is 21.3 Å². The van der Waals surface area contributed by atoms with Crippen LogP contribution in [0.1, 0.15) is 23.6 Å². The zero-order valence-corrected chi connectivity index (χ0v) is 13.8. The Morgan fingerprint density at radius 3 is 2.95 bits per heavy atom. The van der Waals surface area contributed by atoms with E-state index in [1.54, 1.807) is 21.7 Å². The summed E-state index contributed by atoms with van der Waals surface area (Å²) >= 11 is 1.55. The first-order valence-electron chi connectivity index (χ1n) is 6.86. The van der Waals surface area contributed by atoms with Gasteiger partial charge in [-0.1, -0.05) is 6.92 Å². The van der Waals surface area contributed by atoms with Crippen LogP contribution in [0.5, 0.6) is 0 Å². The number of nitrogens with zero attached hydrogens (tertiary/aromatic N) is 1. The van der Waals surface area contributed by atoms with Crippen LogP contribution in [0.4, 0.5) is 0 Å². The van der Waals surface area contributed by atoms with Crippen molar-refractivity contribution in [2.45, 2.75) is 38.3 Å². The SMILES string of the molecule is CCNCc1cc(S(=O)(=O)N2CCOCC2C)c(C)s1. The number of morpholine rings is 1. The second kappa shape index (κ2) is 6.53. The third-order valence-electron chi connectivity index (χ3n) is 3.37. The minimum Gasteiger partial charge on any atom is -0.378 e. The normalized spacial score (nSPS) is 21.2. The number of sulfonamides is 1. The molecule has 1 saturated heterocycles. The Hall–Kier alpha value is -0.470. The summed E-state index contributed by atoms with van der Waals surface area (Å²) in [5.41, 5.74) is 0. The molecule has 1 fully saturated rings. The molecule has 0 amide bonds. The molecular formula is C13H22N2O3S2. The van der Waals surface area contributed by atoms with E-state index >= 15 is 0 Å². The van der Waals surface area contributed by atoms with E-state index in [1.165, 1.54) is 0 Å². The molecule has 0 bridgehead atoms. The Morgan fingerprint density at radius 1 is 1.55 bits per heavy atom. The molecule has 1 aromatic heterocycles. The molecule has 114 valence electrons. The van der Waals surface area contributed by atoms with E-state index in [0.29, 0.717) is 24.7 Å². The Bertz CT molecular complexity index is 554. The summed E-state index contributed by atoms with van der Waals surface area (Å²) in [6.45, 7) is 8.75. The predicted molar refractivity (Wildman–Crippen MR) is 80.6 cm³/mol. The molecule has 1 aliphatic heterocycles. The van der Waals surface area contributed by atoms with Crippen molar-refractivity contribution in [3.63, 3.8) is 0 Å². The van der Waals surface area contributed by atoms with Gasteiger partial charge >= 0.3 is 0 Å². The van der Waals surface area contributed by atoms with Crippen LogP contribution in [0.2, 0.25) is 0 Å². The molecule has 2 heterocycles. The monoisotopic (exact) mass is 318 g/mol. The maximum Gasteiger partial charge on any atom is 0.244 e. The third-order valence-corrected chi connectivity index (χ3v) is 6.69. The lowest BCUT2D eigenvalue weighted by Crippen LogP contribution is -2.46. The number of hydrogen-bond donors (Lipinski definition) is 1. The second-order valence-corrected chi connectivity index (χ2v) is 8.15. The predicted octanol–water partition coefficient (Wildman–Crippen LogP) is 1.58. The maximum absolute atomic E-state index is 12.8. The maximum atomic E-state index is 12.8. The fourth-order valence-corrected chi connectivity index (χ4v) is 5.49. The van der Waals surface area contributed by atoms with E-state index in [9.17, 15) is 8.42 Å². The second-order valence-electron chi connectivity index (χ2n) is 4.95. The fraction of sp³-hybridized carbons (Fsp3) is 0.692. The van der Waals surface area contributed by atoms with E-state index in [0.717, 1.165) is 22.8 Å². The largest absolute Gasteiger partial charge is 0.378 e. The molecule has 20 heavy (non-hydrogen) atoms. The van der Waals surface area contributed by atoms with Gasteiger partial charge in [-0.3, -0.25) is 0 Å². The average Bonchev–Trinajstić information content (AvgIpc) is 2.78. The van der Waals surface area contributed by atoms with Crippen LogP contribution in [0.25, 0.3) is 0 Å². The van der Waals surface area contributed by atoms with Gasteiger partial charge < -0.3 is 10.1 Å². The smallest absolute Gasteiger partial charge is 0.244 e.